The molecule has 0 aliphatic carbocycles. The number of nitrogens with one attached hydrogen (secondary N) is 1. The third-order valence-corrected chi connectivity index (χ3v) is 3.60. The molecule has 0 unspecified atom stereocenters. The maximum atomic E-state index is 12.3. The van der Waals surface area contributed by atoms with Crippen molar-refractivity contribution in [2.45, 2.75) is 4.90 Å². The Hall–Kier alpha value is -2.14. The minimum absolute atomic E-state index is 0.281. The first-order valence-corrected chi connectivity index (χ1v) is 7.26. The fourth-order valence-corrected chi connectivity index (χ4v) is 2.24. The molecule has 3 N–H and O–H groups in total. The molecule has 1 amide bonds. The smallest absolute Gasteiger partial charge is 0.261 e. The first kappa shape index (κ1) is 14.3. The van der Waals surface area contributed by atoms with E-state index in [0.29, 0.717) is 17.0 Å². The van der Waals surface area contributed by atoms with Gasteiger partial charge in [-0.2, -0.15) is 0 Å². The zero-order chi connectivity index (χ0) is 14.5. The van der Waals surface area contributed by atoms with E-state index in [-0.39, 0.29) is 5.91 Å². The van der Waals surface area contributed by atoms with Gasteiger partial charge in [0.15, 0.2) is 0 Å². The van der Waals surface area contributed by atoms with Crippen LogP contribution in [-0.4, -0.2) is 19.3 Å². The van der Waals surface area contributed by atoms with Crippen LogP contribution in [0.1, 0.15) is 10.4 Å². The molecular weight excluding hydrogens is 272 g/mol. The third kappa shape index (κ3) is 3.05. The fourth-order valence-electron chi connectivity index (χ4n) is 1.83. The number of rotatable bonds is 4. The molecule has 0 aliphatic rings. The average molecular weight is 288 g/mol. The van der Waals surface area contributed by atoms with E-state index in [1.165, 1.54) is 7.11 Å². The van der Waals surface area contributed by atoms with Gasteiger partial charge in [-0.05, 0) is 42.7 Å². The monoisotopic (exact) mass is 288 g/mol. The molecule has 0 radical (unpaired) electrons. The van der Waals surface area contributed by atoms with Gasteiger partial charge in [-0.3, -0.25) is 4.79 Å². The second-order valence-corrected chi connectivity index (χ2v) is 4.99. The lowest BCUT2D eigenvalue weighted by Crippen LogP contribution is -2.15. The van der Waals surface area contributed by atoms with Crippen LogP contribution in [0, 0.1) is 0 Å². The molecule has 20 heavy (non-hydrogen) atoms. The van der Waals surface area contributed by atoms with Crippen LogP contribution in [0.25, 0.3) is 0 Å². The van der Waals surface area contributed by atoms with E-state index in [4.69, 9.17) is 10.5 Å². The number of ether oxygens (including phenoxy) is 1. The average Bonchev–Trinajstić information content (AvgIpc) is 2.47. The first-order valence-electron chi connectivity index (χ1n) is 6.03. The lowest BCUT2D eigenvalue weighted by atomic mass is 10.1. The SMILES string of the molecule is COc1cccc(N)c1C(=O)Nc1ccc(SC)cc1. The van der Waals surface area contributed by atoms with Crippen molar-refractivity contribution in [3.63, 3.8) is 0 Å². The van der Waals surface area contributed by atoms with Gasteiger partial charge in [0, 0.05) is 16.3 Å². The molecular formula is C15H16N2O2S. The molecule has 2 aromatic carbocycles. The number of nitrogens with two attached hydrogens (primary N) is 1. The highest BCUT2D eigenvalue weighted by atomic mass is 32.2. The van der Waals surface area contributed by atoms with E-state index in [0.717, 1.165) is 10.6 Å². The van der Waals surface area contributed by atoms with Crippen LogP contribution in [0.2, 0.25) is 0 Å². The molecule has 104 valence electrons. The van der Waals surface area contributed by atoms with Gasteiger partial charge >= 0.3 is 0 Å². The molecule has 4 nitrogen and oxygen atoms in total. The summed E-state index contributed by atoms with van der Waals surface area (Å²) in [6.45, 7) is 0. The molecule has 0 bridgehead atoms. The van der Waals surface area contributed by atoms with Crippen molar-refractivity contribution < 1.29 is 9.53 Å². The number of carbonyl (C=O) groups excluding carboxylic acids is 1. The zero-order valence-corrected chi connectivity index (χ0v) is 12.2. The highest BCUT2D eigenvalue weighted by Gasteiger charge is 2.15. The highest BCUT2D eigenvalue weighted by molar-refractivity contribution is 7.98. The molecule has 0 atom stereocenters. The van der Waals surface area contributed by atoms with Gasteiger partial charge in [-0.15, -0.1) is 11.8 Å². The zero-order valence-electron chi connectivity index (χ0n) is 11.3. The van der Waals surface area contributed by atoms with Crippen molar-refractivity contribution in [2.24, 2.45) is 0 Å². The van der Waals surface area contributed by atoms with Crippen molar-refractivity contribution in [1.29, 1.82) is 0 Å². The molecule has 0 fully saturated rings. The lowest BCUT2D eigenvalue weighted by molar-refractivity contribution is 0.102. The topological polar surface area (TPSA) is 64.3 Å². The molecule has 5 heteroatoms. The molecule has 0 saturated heterocycles. The number of nitrogen functional groups attached to an aromatic ring is 1. The number of carbonyl (C=O) groups is 1. The lowest BCUT2D eigenvalue weighted by Gasteiger charge is -2.11. The van der Waals surface area contributed by atoms with Crippen LogP contribution in [0.15, 0.2) is 47.4 Å². The first-order chi connectivity index (χ1) is 9.65. The van der Waals surface area contributed by atoms with Gasteiger partial charge in [0.2, 0.25) is 0 Å². The minimum atomic E-state index is -0.281. The summed E-state index contributed by atoms with van der Waals surface area (Å²) in [6.07, 6.45) is 2.00. The standard InChI is InChI=1S/C15H16N2O2S/c1-19-13-5-3-4-12(16)14(13)15(18)17-10-6-8-11(20-2)9-7-10/h3-9H,16H2,1-2H3,(H,17,18). The number of hydrogen-bond acceptors (Lipinski definition) is 4. The summed E-state index contributed by atoms with van der Waals surface area (Å²) in [7, 11) is 1.51. The van der Waals surface area contributed by atoms with Crippen LogP contribution in [0.4, 0.5) is 11.4 Å². The Morgan fingerprint density at radius 2 is 1.90 bits per heavy atom. The number of thioether (sulfide) groups is 1. The van der Waals surface area contributed by atoms with Crippen molar-refractivity contribution in [3.05, 3.63) is 48.0 Å². The molecule has 0 saturated carbocycles. The van der Waals surface area contributed by atoms with Crippen molar-refractivity contribution in [3.8, 4) is 5.75 Å². The van der Waals surface area contributed by atoms with Crippen LogP contribution >= 0.6 is 11.8 Å². The predicted octanol–water partition coefficient (Wildman–Crippen LogP) is 3.25. The maximum Gasteiger partial charge on any atom is 0.261 e. The van der Waals surface area contributed by atoms with Crippen LogP contribution in [0.3, 0.4) is 0 Å². The molecule has 2 aromatic rings. The van der Waals surface area contributed by atoms with Gasteiger partial charge in [0.25, 0.3) is 5.91 Å². The number of anilines is 2. The van der Waals surface area contributed by atoms with E-state index < -0.39 is 0 Å². The number of hydrogen-bond donors (Lipinski definition) is 2. The van der Waals surface area contributed by atoms with E-state index in [2.05, 4.69) is 5.32 Å². The molecule has 0 heterocycles. The Bertz CT molecular complexity index is 612. The van der Waals surface area contributed by atoms with Crippen molar-refractivity contribution in [1.82, 2.24) is 0 Å². The Balaban J connectivity index is 2.23. The Kier molecular flexibility index (Phi) is 4.53. The van der Waals surface area contributed by atoms with Gasteiger partial charge in [0.1, 0.15) is 11.3 Å². The van der Waals surface area contributed by atoms with Gasteiger partial charge in [-0.25, -0.2) is 0 Å². The predicted molar refractivity (Wildman–Crippen MR) is 83.6 cm³/mol. The van der Waals surface area contributed by atoms with Crippen molar-refractivity contribution in [2.75, 3.05) is 24.4 Å². The normalized spacial score (nSPS) is 10.1. The van der Waals surface area contributed by atoms with Crippen LogP contribution < -0.4 is 15.8 Å². The largest absolute Gasteiger partial charge is 0.496 e. The van der Waals surface area contributed by atoms with Crippen molar-refractivity contribution >= 4 is 29.0 Å². The molecule has 0 spiro atoms. The molecule has 0 aliphatic heterocycles. The number of amides is 1. The summed E-state index contributed by atoms with van der Waals surface area (Å²) in [4.78, 5) is 13.4. The number of benzene rings is 2. The van der Waals surface area contributed by atoms with Gasteiger partial charge in [0.05, 0.1) is 7.11 Å². The Morgan fingerprint density at radius 3 is 2.50 bits per heavy atom. The minimum Gasteiger partial charge on any atom is -0.496 e. The second kappa shape index (κ2) is 6.34. The number of methoxy groups -OCH3 is 1. The Morgan fingerprint density at radius 1 is 1.20 bits per heavy atom. The quantitative estimate of drug-likeness (QED) is 0.669. The van der Waals surface area contributed by atoms with Crippen LogP contribution in [-0.2, 0) is 0 Å². The maximum absolute atomic E-state index is 12.3. The van der Waals surface area contributed by atoms with E-state index in [1.807, 2.05) is 30.5 Å². The summed E-state index contributed by atoms with van der Waals surface area (Å²) < 4.78 is 5.18. The summed E-state index contributed by atoms with van der Waals surface area (Å²) in [5.41, 5.74) is 7.32. The fraction of sp³-hybridized carbons (Fsp3) is 0.133. The molecule has 2 rings (SSSR count). The summed E-state index contributed by atoms with van der Waals surface area (Å²) in [6, 6.07) is 12.7. The molecule has 0 aromatic heterocycles. The van der Waals surface area contributed by atoms with Gasteiger partial charge in [-0.1, -0.05) is 6.07 Å². The van der Waals surface area contributed by atoms with E-state index in [9.17, 15) is 4.79 Å². The second-order valence-electron chi connectivity index (χ2n) is 4.11. The highest BCUT2D eigenvalue weighted by Crippen LogP contribution is 2.25. The summed E-state index contributed by atoms with van der Waals surface area (Å²) in [5, 5.41) is 2.82. The van der Waals surface area contributed by atoms with E-state index >= 15 is 0 Å². The van der Waals surface area contributed by atoms with Gasteiger partial charge < -0.3 is 15.8 Å². The summed E-state index contributed by atoms with van der Waals surface area (Å²) >= 11 is 1.65. The Labute approximate surface area is 122 Å². The third-order valence-electron chi connectivity index (χ3n) is 2.85. The van der Waals surface area contributed by atoms with Crippen LogP contribution in [0.5, 0.6) is 5.75 Å². The summed E-state index contributed by atoms with van der Waals surface area (Å²) in [5.74, 6) is 0.181. The van der Waals surface area contributed by atoms with E-state index in [1.54, 1.807) is 30.0 Å².